The highest BCUT2D eigenvalue weighted by molar-refractivity contribution is 14.1. The average molecular weight is 387 g/mol. The second-order valence-corrected chi connectivity index (χ2v) is 8.10. The third-order valence-corrected chi connectivity index (χ3v) is 5.89. The van der Waals surface area contributed by atoms with E-state index in [1.807, 2.05) is 0 Å². The topological polar surface area (TPSA) is 21.3 Å². The van der Waals surface area contributed by atoms with Gasteiger partial charge in [-0.3, -0.25) is 0 Å². The van der Waals surface area contributed by atoms with Gasteiger partial charge in [0.1, 0.15) is 0 Å². The lowest BCUT2D eigenvalue weighted by molar-refractivity contribution is -0.0777. The summed E-state index contributed by atoms with van der Waals surface area (Å²) < 4.78 is 7.65. The van der Waals surface area contributed by atoms with E-state index in [0.29, 0.717) is 12.0 Å². The first-order valence-corrected chi connectivity index (χ1v) is 8.38. The van der Waals surface area contributed by atoms with Crippen molar-refractivity contribution < 1.29 is 4.74 Å². The van der Waals surface area contributed by atoms with E-state index in [9.17, 15) is 0 Å². The molecule has 2 nitrogen and oxygen atoms in total. The normalized spacial score (nSPS) is 25.6. The van der Waals surface area contributed by atoms with Crippen LogP contribution in [-0.2, 0) is 4.74 Å². The van der Waals surface area contributed by atoms with E-state index < -0.39 is 0 Å². The number of hydrogen-bond acceptors (Lipinski definition) is 2. The van der Waals surface area contributed by atoms with Crippen LogP contribution in [0.5, 0.6) is 0 Å². The zero-order valence-electron chi connectivity index (χ0n) is 13.4. The van der Waals surface area contributed by atoms with Crippen molar-refractivity contribution in [3.63, 3.8) is 0 Å². The maximum absolute atomic E-state index is 6.28. The van der Waals surface area contributed by atoms with Gasteiger partial charge in [0.2, 0.25) is 0 Å². The number of benzene rings is 1. The first-order valence-electron chi connectivity index (χ1n) is 7.30. The molecule has 2 rings (SSSR count). The fourth-order valence-electron chi connectivity index (χ4n) is 3.61. The highest BCUT2D eigenvalue weighted by atomic mass is 127. The third-order valence-electron chi connectivity index (χ3n) is 4.41. The molecule has 0 amide bonds. The summed E-state index contributed by atoms with van der Waals surface area (Å²) in [4.78, 5) is 0. The highest BCUT2D eigenvalue weighted by Crippen LogP contribution is 2.48. The number of rotatable bonds is 3. The molecule has 1 aromatic rings. The summed E-state index contributed by atoms with van der Waals surface area (Å²) in [6.45, 7) is 11.0. The van der Waals surface area contributed by atoms with Crippen molar-refractivity contribution in [1.29, 1.82) is 0 Å². The minimum atomic E-state index is -0.107. The Hall–Kier alpha value is -0.130. The Labute approximate surface area is 136 Å². The van der Waals surface area contributed by atoms with Crippen LogP contribution in [0.1, 0.15) is 51.3 Å². The Morgan fingerprint density at radius 1 is 1.30 bits per heavy atom. The summed E-state index contributed by atoms with van der Waals surface area (Å²) >= 11 is 2.47. The Morgan fingerprint density at radius 3 is 2.45 bits per heavy atom. The molecule has 2 atom stereocenters. The molecular formula is C17H26INO. The van der Waals surface area contributed by atoms with Crippen molar-refractivity contribution >= 4 is 22.6 Å². The molecule has 1 aromatic carbocycles. The van der Waals surface area contributed by atoms with Crippen LogP contribution in [0.2, 0.25) is 0 Å². The Bertz CT molecular complexity index is 496. The monoisotopic (exact) mass is 387 g/mol. The van der Waals surface area contributed by atoms with Gasteiger partial charge in [0, 0.05) is 15.5 Å². The predicted octanol–water partition coefficient (Wildman–Crippen LogP) is 4.45. The summed E-state index contributed by atoms with van der Waals surface area (Å²) in [7, 11) is 2.06. The van der Waals surface area contributed by atoms with E-state index in [1.54, 1.807) is 0 Å². The largest absolute Gasteiger partial charge is 0.369 e. The fraction of sp³-hybridized carbons (Fsp3) is 0.647. The van der Waals surface area contributed by atoms with Gasteiger partial charge in [0.25, 0.3) is 0 Å². The molecule has 0 bridgehead atoms. The Balaban J connectivity index is 2.40. The van der Waals surface area contributed by atoms with Gasteiger partial charge in [0.05, 0.1) is 11.2 Å². The van der Waals surface area contributed by atoms with Crippen LogP contribution >= 0.6 is 22.6 Å². The lowest BCUT2D eigenvalue weighted by atomic mass is 9.79. The van der Waals surface area contributed by atoms with Crippen LogP contribution in [0.3, 0.4) is 0 Å². The van der Waals surface area contributed by atoms with E-state index in [2.05, 4.69) is 87.8 Å². The molecule has 1 fully saturated rings. The summed E-state index contributed by atoms with van der Waals surface area (Å²) in [6, 6.07) is 6.92. The molecule has 0 radical (unpaired) electrons. The number of halogens is 1. The first kappa shape index (κ1) is 16.2. The summed E-state index contributed by atoms with van der Waals surface area (Å²) in [5.41, 5.74) is 2.59. The van der Waals surface area contributed by atoms with Gasteiger partial charge in [-0.1, -0.05) is 18.2 Å². The second kappa shape index (κ2) is 5.58. The van der Waals surface area contributed by atoms with Crippen LogP contribution in [0.4, 0.5) is 0 Å². The predicted molar refractivity (Wildman–Crippen MR) is 93.0 cm³/mol. The molecule has 0 aromatic heterocycles. The standard InChI is InChI=1S/C17H26INO/c1-11-8-7-9-12(14(11)18)15(19-6)13-10-16(2,3)20-17(13,4)5/h7-9,13,15,19H,10H2,1-6H3. The van der Waals surface area contributed by atoms with E-state index in [4.69, 9.17) is 4.74 Å². The fourth-order valence-corrected chi connectivity index (χ4v) is 4.30. The van der Waals surface area contributed by atoms with E-state index >= 15 is 0 Å². The number of hydrogen-bond donors (Lipinski definition) is 1. The van der Waals surface area contributed by atoms with Gasteiger partial charge < -0.3 is 10.1 Å². The van der Waals surface area contributed by atoms with E-state index in [-0.39, 0.29) is 11.2 Å². The molecule has 1 aliphatic heterocycles. The lowest BCUT2D eigenvalue weighted by Crippen LogP contribution is -2.37. The number of aryl methyl sites for hydroxylation is 1. The zero-order valence-corrected chi connectivity index (χ0v) is 15.5. The third kappa shape index (κ3) is 3.04. The molecule has 2 unspecified atom stereocenters. The van der Waals surface area contributed by atoms with Crippen molar-refractivity contribution in [3.05, 3.63) is 32.9 Å². The molecule has 1 heterocycles. The molecule has 3 heteroatoms. The van der Waals surface area contributed by atoms with E-state index in [0.717, 1.165) is 6.42 Å². The maximum Gasteiger partial charge on any atom is 0.0681 e. The van der Waals surface area contributed by atoms with Gasteiger partial charge in [-0.25, -0.2) is 0 Å². The second-order valence-electron chi connectivity index (χ2n) is 7.02. The number of ether oxygens (including phenoxy) is 1. The molecule has 1 saturated heterocycles. The SMILES string of the molecule is CNC(c1cccc(C)c1I)C1CC(C)(C)OC1(C)C. The van der Waals surface area contributed by atoms with Gasteiger partial charge in [-0.05, 0) is 81.8 Å². The molecule has 1 N–H and O–H groups in total. The summed E-state index contributed by atoms with van der Waals surface area (Å²) in [6.07, 6.45) is 1.08. The Morgan fingerprint density at radius 2 is 1.95 bits per heavy atom. The molecule has 0 saturated carbocycles. The zero-order chi connectivity index (χ0) is 15.1. The molecule has 0 spiro atoms. The summed E-state index contributed by atoms with van der Waals surface area (Å²) in [5.74, 6) is 0.470. The minimum absolute atomic E-state index is 0.0431. The van der Waals surface area contributed by atoms with Crippen LogP contribution in [0.15, 0.2) is 18.2 Å². The lowest BCUT2D eigenvalue weighted by Gasteiger charge is -2.33. The van der Waals surface area contributed by atoms with Crippen molar-refractivity contribution in [3.8, 4) is 0 Å². The Kier molecular flexibility index (Phi) is 4.53. The number of nitrogens with one attached hydrogen (secondary N) is 1. The molecule has 20 heavy (non-hydrogen) atoms. The molecule has 112 valence electrons. The van der Waals surface area contributed by atoms with Gasteiger partial charge in [-0.2, -0.15) is 0 Å². The van der Waals surface area contributed by atoms with Crippen LogP contribution in [0.25, 0.3) is 0 Å². The smallest absolute Gasteiger partial charge is 0.0681 e. The van der Waals surface area contributed by atoms with Crippen LogP contribution < -0.4 is 5.32 Å². The average Bonchev–Trinajstić information content (AvgIpc) is 2.54. The van der Waals surface area contributed by atoms with Crippen LogP contribution in [-0.4, -0.2) is 18.2 Å². The molecule has 0 aliphatic carbocycles. The van der Waals surface area contributed by atoms with Crippen LogP contribution in [0, 0.1) is 16.4 Å². The van der Waals surface area contributed by atoms with Gasteiger partial charge >= 0.3 is 0 Å². The van der Waals surface area contributed by atoms with Crippen molar-refractivity contribution in [2.45, 2.75) is 58.3 Å². The highest BCUT2D eigenvalue weighted by Gasteiger charge is 2.49. The molecule has 1 aliphatic rings. The molecular weight excluding hydrogens is 361 g/mol. The van der Waals surface area contributed by atoms with Crippen molar-refractivity contribution in [2.24, 2.45) is 5.92 Å². The minimum Gasteiger partial charge on any atom is -0.369 e. The quantitative estimate of drug-likeness (QED) is 0.774. The van der Waals surface area contributed by atoms with Crippen molar-refractivity contribution in [2.75, 3.05) is 7.05 Å². The van der Waals surface area contributed by atoms with Crippen molar-refractivity contribution in [1.82, 2.24) is 5.32 Å². The first-order chi connectivity index (χ1) is 9.18. The summed E-state index contributed by atoms with van der Waals surface area (Å²) in [5, 5.41) is 3.54. The van der Waals surface area contributed by atoms with E-state index in [1.165, 1.54) is 14.7 Å². The van der Waals surface area contributed by atoms with Gasteiger partial charge in [0.15, 0.2) is 0 Å². The van der Waals surface area contributed by atoms with Gasteiger partial charge in [-0.15, -0.1) is 0 Å². The maximum atomic E-state index is 6.28.